The van der Waals surface area contributed by atoms with Crippen molar-refractivity contribution in [2.24, 2.45) is 0 Å². The number of carbonyl (C=O) groups is 2. The molecule has 6 nitrogen and oxygen atoms in total. The molecule has 1 aliphatic rings. The maximum absolute atomic E-state index is 12.7. The Labute approximate surface area is 196 Å². The molecule has 2 aromatic carbocycles. The summed E-state index contributed by atoms with van der Waals surface area (Å²) >= 11 is 7.22. The van der Waals surface area contributed by atoms with Crippen LogP contribution in [0.2, 0.25) is 5.02 Å². The van der Waals surface area contributed by atoms with Gasteiger partial charge in [0.25, 0.3) is 5.91 Å². The summed E-state index contributed by atoms with van der Waals surface area (Å²) in [5.74, 6) is -0.0845. The van der Waals surface area contributed by atoms with Gasteiger partial charge >= 0.3 is 0 Å². The lowest BCUT2D eigenvalue weighted by Gasteiger charge is -2.36. The van der Waals surface area contributed by atoms with Gasteiger partial charge in [-0.05, 0) is 55.3 Å². The average molecular weight is 469 g/mol. The van der Waals surface area contributed by atoms with Crippen LogP contribution in [0.15, 0.2) is 53.9 Å². The lowest BCUT2D eigenvalue weighted by molar-refractivity contribution is -0.131. The van der Waals surface area contributed by atoms with Crippen LogP contribution in [0.25, 0.3) is 0 Å². The van der Waals surface area contributed by atoms with E-state index in [-0.39, 0.29) is 11.8 Å². The van der Waals surface area contributed by atoms with Gasteiger partial charge in [0, 0.05) is 54.3 Å². The fraction of sp³-hybridized carbons (Fsp3) is 0.292. The number of aromatic nitrogens is 1. The number of rotatable bonds is 6. The summed E-state index contributed by atoms with van der Waals surface area (Å²) in [6.45, 7) is 5.23. The number of hydrogen-bond donors (Lipinski definition) is 1. The second-order valence-electron chi connectivity index (χ2n) is 7.81. The largest absolute Gasteiger partial charge is 0.368 e. The van der Waals surface area contributed by atoms with Gasteiger partial charge < -0.3 is 9.80 Å². The van der Waals surface area contributed by atoms with Crippen molar-refractivity contribution in [2.45, 2.75) is 19.8 Å². The number of carbonyl (C=O) groups excluding carboxylic acids is 2. The number of aryl methyl sites for hydroxylation is 2. The number of nitrogens with zero attached hydrogens (tertiary/aromatic N) is 3. The first-order valence-electron chi connectivity index (χ1n) is 10.6. The van der Waals surface area contributed by atoms with E-state index in [1.807, 2.05) is 10.3 Å². The molecule has 2 heterocycles. The monoisotopic (exact) mass is 468 g/mol. The van der Waals surface area contributed by atoms with E-state index in [2.05, 4.69) is 46.4 Å². The standard InChI is InChI=1S/C24H25ClN4O2S/c1-17-3-2-4-21(15-17)28-11-13-29(14-12-28)22(30)10-9-20-16-32-24(26-20)27-23(31)18-5-7-19(25)8-6-18/h2-8,15-16H,9-14H2,1H3,(H,26,27,31). The summed E-state index contributed by atoms with van der Waals surface area (Å²) < 4.78 is 0. The Morgan fingerprint density at radius 2 is 1.84 bits per heavy atom. The second-order valence-corrected chi connectivity index (χ2v) is 9.11. The third-order valence-electron chi connectivity index (χ3n) is 5.47. The van der Waals surface area contributed by atoms with Gasteiger partial charge in [0.05, 0.1) is 5.69 Å². The molecule has 0 atom stereocenters. The highest BCUT2D eigenvalue weighted by Crippen LogP contribution is 2.20. The van der Waals surface area contributed by atoms with E-state index in [0.717, 1.165) is 31.9 Å². The molecule has 1 aromatic heterocycles. The number of thiazole rings is 1. The van der Waals surface area contributed by atoms with E-state index < -0.39 is 0 Å². The molecule has 0 saturated carbocycles. The number of piperazine rings is 1. The molecule has 1 fully saturated rings. The van der Waals surface area contributed by atoms with Gasteiger partial charge in [-0.15, -0.1) is 11.3 Å². The zero-order valence-electron chi connectivity index (χ0n) is 17.9. The fourth-order valence-electron chi connectivity index (χ4n) is 3.68. The van der Waals surface area contributed by atoms with Crippen molar-refractivity contribution >= 4 is 45.6 Å². The molecule has 8 heteroatoms. The van der Waals surface area contributed by atoms with Crippen LogP contribution in [0, 0.1) is 6.92 Å². The van der Waals surface area contributed by atoms with Gasteiger partial charge in [-0.25, -0.2) is 4.98 Å². The van der Waals surface area contributed by atoms with Gasteiger partial charge in [-0.3, -0.25) is 14.9 Å². The summed E-state index contributed by atoms with van der Waals surface area (Å²) in [7, 11) is 0. The van der Waals surface area contributed by atoms with E-state index in [0.29, 0.717) is 28.6 Å². The molecule has 1 saturated heterocycles. The zero-order chi connectivity index (χ0) is 22.5. The molecule has 1 aliphatic heterocycles. The molecule has 2 amide bonds. The lowest BCUT2D eigenvalue weighted by Crippen LogP contribution is -2.48. The van der Waals surface area contributed by atoms with Crippen LogP contribution in [0.4, 0.5) is 10.8 Å². The summed E-state index contributed by atoms with van der Waals surface area (Å²) in [5.41, 5.74) is 3.79. The van der Waals surface area contributed by atoms with Gasteiger partial charge in [-0.1, -0.05) is 23.7 Å². The average Bonchev–Trinajstić information content (AvgIpc) is 3.25. The molecule has 0 spiro atoms. The van der Waals surface area contributed by atoms with Gasteiger partial charge in [-0.2, -0.15) is 0 Å². The van der Waals surface area contributed by atoms with E-state index in [9.17, 15) is 9.59 Å². The molecule has 0 bridgehead atoms. The Bertz CT molecular complexity index is 1090. The summed E-state index contributed by atoms with van der Waals surface area (Å²) in [4.78, 5) is 33.7. The number of anilines is 2. The Morgan fingerprint density at radius 3 is 2.56 bits per heavy atom. The van der Waals surface area contributed by atoms with Crippen molar-refractivity contribution in [3.8, 4) is 0 Å². The van der Waals surface area contributed by atoms with Crippen LogP contribution in [0.1, 0.15) is 28.0 Å². The molecule has 32 heavy (non-hydrogen) atoms. The van der Waals surface area contributed by atoms with Crippen LogP contribution < -0.4 is 10.2 Å². The molecule has 4 rings (SSSR count). The number of halogens is 1. The molecule has 0 radical (unpaired) electrons. The maximum Gasteiger partial charge on any atom is 0.257 e. The molecule has 1 N–H and O–H groups in total. The van der Waals surface area contributed by atoms with Crippen LogP contribution in [-0.2, 0) is 11.2 Å². The highest BCUT2D eigenvalue weighted by atomic mass is 35.5. The van der Waals surface area contributed by atoms with Crippen LogP contribution >= 0.6 is 22.9 Å². The van der Waals surface area contributed by atoms with Crippen molar-refractivity contribution in [1.82, 2.24) is 9.88 Å². The van der Waals surface area contributed by atoms with E-state index in [4.69, 9.17) is 11.6 Å². The van der Waals surface area contributed by atoms with Gasteiger partial charge in [0.15, 0.2) is 5.13 Å². The summed E-state index contributed by atoms with van der Waals surface area (Å²) in [6.07, 6.45) is 0.975. The smallest absolute Gasteiger partial charge is 0.257 e. The first-order valence-corrected chi connectivity index (χ1v) is 11.8. The summed E-state index contributed by atoms with van der Waals surface area (Å²) in [6, 6.07) is 15.2. The molecular formula is C24H25ClN4O2S. The highest BCUT2D eigenvalue weighted by Gasteiger charge is 2.21. The van der Waals surface area contributed by atoms with Gasteiger partial charge in [0.2, 0.25) is 5.91 Å². The lowest BCUT2D eigenvalue weighted by atomic mass is 10.1. The molecule has 166 valence electrons. The fourth-order valence-corrected chi connectivity index (χ4v) is 4.55. The van der Waals surface area contributed by atoms with E-state index in [1.165, 1.54) is 22.6 Å². The number of amides is 2. The quantitative estimate of drug-likeness (QED) is 0.572. The van der Waals surface area contributed by atoms with Gasteiger partial charge in [0.1, 0.15) is 0 Å². The van der Waals surface area contributed by atoms with Crippen molar-refractivity contribution in [2.75, 3.05) is 36.4 Å². The number of nitrogens with one attached hydrogen (secondary N) is 1. The topological polar surface area (TPSA) is 65.5 Å². The number of benzene rings is 2. The highest BCUT2D eigenvalue weighted by molar-refractivity contribution is 7.14. The molecule has 3 aromatic rings. The minimum atomic E-state index is -0.231. The minimum absolute atomic E-state index is 0.147. The third kappa shape index (κ3) is 5.66. The predicted molar refractivity (Wildman–Crippen MR) is 130 cm³/mol. The molecule has 0 aliphatic carbocycles. The second kappa shape index (κ2) is 10.1. The minimum Gasteiger partial charge on any atom is -0.368 e. The van der Waals surface area contributed by atoms with Crippen LogP contribution in [0.3, 0.4) is 0 Å². The Morgan fingerprint density at radius 1 is 1.09 bits per heavy atom. The zero-order valence-corrected chi connectivity index (χ0v) is 19.5. The first kappa shape index (κ1) is 22.3. The van der Waals surface area contributed by atoms with Crippen LogP contribution in [0.5, 0.6) is 0 Å². The molecular weight excluding hydrogens is 444 g/mol. The van der Waals surface area contributed by atoms with Crippen molar-refractivity contribution in [1.29, 1.82) is 0 Å². The SMILES string of the molecule is Cc1cccc(N2CCN(C(=O)CCc3csc(NC(=O)c4ccc(Cl)cc4)n3)CC2)c1. The Balaban J connectivity index is 1.24. The maximum atomic E-state index is 12.7. The van der Waals surface area contributed by atoms with Crippen molar-refractivity contribution in [3.05, 3.63) is 75.8 Å². The van der Waals surface area contributed by atoms with Crippen molar-refractivity contribution in [3.63, 3.8) is 0 Å². The number of hydrogen-bond acceptors (Lipinski definition) is 5. The Hall–Kier alpha value is -2.90. The van der Waals surface area contributed by atoms with Crippen LogP contribution in [-0.4, -0.2) is 47.9 Å². The predicted octanol–water partition coefficient (Wildman–Crippen LogP) is 4.64. The normalized spacial score (nSPS) is 13.8. The Kier molecular flexibility index (Phi) is 7.07. The van der Waals surface area contributed by atoms with E-state index >= 15 is 0 Å². The first-order chi connectivity index (χ1) is 15.5. The van der Waals surface area contributed by atoms with Crippen molar-refractivity contribution < 1.29 is 9.59 Å². The molecule has 0 unspecified atom stereocenters. The summed E-state index contributed by atoms with van der Waals surface area (Å²) in [5, 5.41) is 5.80. The third-order valence-corrected chi connectivity index (χ3v) is 6.53. The van der Waals surface area contributed by atoms with E-state index in [1.54, 1.807) is 24.3 Å².